The highest BCUT2D eigenvalue weighted by atomic mass is 16.5. The molecule has 0 unspecified atom stereocenters. The number of aliphatic hydroxyl groups excluding tert-OH is 1. The summed E-state index contributed by atoms with van der Waals surface area (Å²) in [6.07, 6.45) is 2.14. The van der Waals surface area contributed by atoms with Crippen molar-refractivity contribution in [1.82, 2.24) is 0 Å². The molecule has 0 amide bonds. The molecule has 0 spiro atoms. The second kappa shape index (κ2) is 6.21. The van der Waals surface area contributed by atoms with E-state index in [-0.39, 0.29) is 0 Å². The largest absolute Gasteiger partial charge is 0.389 e. The minimum absolute atomic E-state index is 0.407. The Kier molecular flexibility index (Phi) is 4.61. The van der Waals surface area contributed by atoms with Crippen LogP contribution in [0.25, 0.3) is 0 Å². The van der Waals surface area contributed by atoms with Crippen LogP contribution in [0.4, 0.5) is 5.69 Å². The van der Waals surface area contributed by atoms with Gasteiger partial charge in [-0.15, -0.1) is 0 Å². The van der Waals surface area contributed by atoms with Crippen LogP contribution < -0.4 is 4.90 Å². The number of para-hydroxylation sites is 1. The normalized spacial score (nSPS) is 18.9. The van der Waals surface area contributed by atoms with Crippen molar-refractivity contribution in [3.05, 3.63) is 29.8 Å². The van der Waals surface area contributed by atoms with Gasteiger partial charge < -0.3 is 14.7 Å². The predicted octanol–water partition coefficient (Wildman–Crippen LogP) is 2.75. The van der Waals surface area contributed by atoms with Gasteiger partial charge >= 0.3 is 0 Å². The average Bonchev–Trinajstić information content (AvgIpc) is 2.40. The number of hydrogen-bond acceptors (Lipinski definition) is 3. The number of rotatable bonds is 4. The van der Waals surface area contributed by atoms with Crippen LogP contribution in [0.5, 0.6) is 0 Å². The Hall–Kier alpha value is -1.06. The molecule has 2 rings (SSSR count). The molecule has 1 aromatic rings. The Morgan fingerprint density at radius 1 is 1.33 bits per heavy atom. The predicted molar refractivity (Wildman–Crippen MR) is 73.9 cm³/mol. The molecular formula is C15H23NO2. The molecular weight excluding hydrogens is 226 g/mol. The molecule has 1 atom stereocenters. The lowest BCUT2D eigenvalue weighted by atomic mass is 10.0. The van der Waals surface area contributed by atoms with Crippen LogP contribution in [-0.4, -0.2) is 30.9 Å². The van der Waals surface area contributed by atoms with E-state index in [0.29, 0.717) is 6.10 Å². The molecule has 1 N–H and O–H groups in total. The van der Waals surface area contributed by atoms with E-state index >= 15 is 0 Å². The first kappa shape index (κ1) is 13.4. The van der Waals surface area contributed by atoms with Gasteiger partial charge in [-0.1, -0.05) is 18.2 Å². The minimum atomic E-state index is -0.411. The Labute approximate surface area is 109 Å². The third-order valence-corrected chi connectivity index (χ3v) is 3.57. The van der Waals surface area contributed by atoms with Crippen LogP contribution in [0.2, 0.25) is 0 Å². The van der Waals surface area contributed by atoms with E-state index in [4.69, 9.17) is 4.74 Å². The van der Waals surface area contributed by atoms with Gasteiger partial charge in [0.25, 0.3) is 0 Å². The molecule has 1 aliphatic heterocycles. The smallest absolute Gasteiger partial charge is 0.0781 e. The van der Waals surface area contributed by atoms with Gasteiger partial charge in [-0.2, -0.15) is 0 Å². The number of benzene rings is 1. The summed E-state index contributed by atoms with van der Waals surface area (Å²) in [5.41, 5.74) is 2.19. The first-order chi connectivity index (χ1) is 8.72. The number of anilines is 1. The van der Waals surface area contributed by atoms with Crippen LogP contribution in [0.3, 0.4) is 0 Å². The van der Waals surface area contributed by atoms with E-state index in [1.165, 1.54) is 5.69 Å². The molecule has 3 nitrogen and oxygen atoms in total. The summed E-state index contributed by atoms with van der Waals surface area (Å²) >= 11 is 0. The third-order valence-electron chi connectivity index (χ3n) is 3.57. The fourth-order valence-electron chi connectivity index (χ4n) is 2.63. The van der Waals surface area contributed by atoms with E-state index < -0.39 is 6.10 Å². The first-order valence-corrected chi connectivity index (χ1v) is 6.86. The Morgan fingerprint density at radius 2 is 2.00 bits per heavy atom. The molecule has 0 aromatic heterocycles. The van der Waals surface area contributed by atoms with Crippen molar-refractivity contribution in [3.8, 4) is 0 Å². The second-order valence-corrected chi connectivity index (χ2v) is 4.88. The molecule has 0 aliphatic carbocycles. The highest BCUT2D eigenvalue weighted by molar-refractivity contribution is 5.54. The quantitative estimate of drug-likeness (QED) is 0.890. The maximum atomic E-state index is 9.82. The highest BCUT2D eigenvalue weighted by Crippen LogP contribution is 2.28. The molecule has 1 heterocycles. The lowest BCUT2D eigenvalue weighted by Crippen LogP contribution is -2.37. The summed E-state index contributed by atoms with van der Waals surface area (Å²) in [6, 6.07) is 8.13. The van der Waals surface area contributed by atoms with Gasteiger partial charge in [-0.3, -0.25) is 0 Å². The second-order valence-electron chi connectivity index (χ2n) is 4.88. The lowest BCUT2D eigenvalue weighted by Gasteiger charge is -2.35. The van der Waals surface area contributed by atoms with Gasteiger partial charge in [0.05, 0.1) is 12.2 Å². The number of hydrogen-bond donors (Lipinski definition) is 1. The number of nitrogens with zero attached hydrogens (tertiary/aromatic N) is 1. The van der Waals surface area contributed by atoms with Gasteiger partial charge in [0.2, 0.25) is 0 Å². The molecule has 0 saturated carbocycles. The first-order valence-electron chi connectivity index (χ1n) is 6.86. The van der Waals surface area contributed by atoms with E-state index in [1.54, 1.807) is 0 Å². The molecule has 18 heavy (non-hydrogen) atoms. The van der Waals surface area contributed by atoms with Crippen LogP contribution in [0.15, 0.2) is 24.3 Å². The maximum Gasteiger partial charge on any atom is 0.0781 e. The van der Waals surface area contributed by atoms with Crippen molar-refractivity contribution in [1.29, 1.82) is 0 Å². The standard InChI is InChI=1S/C15H23NO2/c1-3-18-13-8-10-16(11-9-13)15-7-5-4-6-14(15)12(2)17/h4-7,12-13,17H,3,8-11H2,1-2H3/t12-/m0/s1. The Bertz CT molecular complexity index is 371. The van der Waals surface area contributed by atoms with Crippen molar-refractivity contribution in [2.45, 2.75) is 38.9 Å². The summed E-state index contributed by atoms with van der Waals surface area (Å²) in [6.45, 7) is 6.69. The number of aliphatic hydroxyl groups is 1. The zero-order valence-corrected chi connectivity index (χ0v) is 11.3. The molecule has 0 bridgehead atoms. The van der Waals surface area contributed by atoms with Crippen LogP contribution in [-0.2, 0) is 4.74 Å². The molecule has 1 aliphatic rings. The van der Waals surface area contributed by atoms with Crippen molar-refractivity contribution >= 4 is 5.69 Å². The van der Waals surface area contributed by atoms with Crippen molar-refractivity contribution in [2.75, 3.05) is 24.6 Å². The highest BCUT2D eigenvalue weighted by Gasteiger charge is 2.21. The molecule has 1 fully saturated rings. The van der Waals surface area contributed by atoms with Gasteiger partial charge in [0.15, 0.2) is 0 Å². The van der Waals surface area contributed by atoms with Crippen molar-refractivity contribution in [2.24, 2.45) is 0 Å². The molecule has 100 valence electrons. The summed E-state index contributed by atoms with van der Waals surface area (Å²) in [4.78, 5) is 2.36. The fourth-order valence-corrected chi connectivity index (χ4v) is 2.63. The molecule has 1 aromatic carbocycles. The fraction of sp³-hybridized carbons (Fsp3) is 0.600. The van der Waals surface area contributed by atoms with E-state index in [0.717, 1.165) is 38.1 Å². The Balaban J connectivity index is 2.05. The van der Waals surface area contributed by atoms with Gasteiger partial charge in [-0.25, -0.2) is 0 Å². The zero-order valence-electron chi connectivity index (χ0n) is 11.3. The summed E-state index contributed by atoms with van der Waals surface area (Å²) in [7, 11) is 0. The van der Waals surface area contributed by atoms with E-state index in [2.05, 4.69) is 17.9 Å². The van der Waals surface area contributed by atoms with Gasteiger partial charge in [0.1, 0.15) is 0 Å². The van der Waals surface area contributed by atoms with E-state index in [9.17, 15) is 5.11 Å². The Morgan fingerprint density at radius 3 is 2.61 bits per heavy atom. The average molecular weight is 249 g/mol. The summed E-state index contributed by atoms with van der Waals surface area (Å²) < 4.78 is 5.67. The molecule has 1 saturated heterocycles. The van der Waals surface area contributed by atoms with Crippen molar-refractivity contribution < 1.29 is 9.84 Å². The SMILES string of the molecule is CCOC1CCN(c2ccccc2[C@H](C)O)CC1. The summed E-state index contributed by atoms with van der Waals surface area (Å²) in [5, 5.41) is 9.82. The molecule has 3 heteroatoms. The monoisotopic (exact) mass is 249 g/mol. The number of piperidine rings is 1. The topological polar surface area (TPSA) is 32.7 Å². The van der Waals surface area contributed by atoms with Crippen LogP contribution in [0, 0.1) is 0 Å². The third kappa shape index (κ3) is 3.03. The lowest BCUT2D eigenvalue weighted by molar-refractivity contribution is 0.0458. The minimum Gasteiger partial charge on any atom is -0.389 e. The van der Waals surface area contributed by atoms with Crippen LogP contribution in [0.1, 0.15) is 38.4 Å². The van der Waals surface area contributed by atoms with Gasteiger partial charge in [0, 0.05) is 30.9 Å². The zero-order chi connectivity index (χ0) is 13.0. The van der Waals surface area contributed by atoms with Crippen LogP contribution >= 0.6 is 0 Å². The van der Waals surface area contributed by atoms with Crippen molar-refractivity contribution in [3.63, 3.8) is 0 Å². The summed E-state index contributed by atoms with van der Waals surface area (Å²) in [5.74, 6) is 0. The van der Waals surface area contributed by atoms with Gasteiger partial charge in [-0.05, 0) is 32.8 Å². The molecule has 0 radical (unpaired) electrons. The van der Waals surface area contributed by atoms with E-state index in [1.807, 2.05) is 25.1 Å². The maximum absolute atomic E-state index is 9.82. The number of ether oxygens (including phenoxy) is 1.